The summed E-state index contributed by atoms with van der Waals surface area (Å²) >= 11 is 1.40. The molecule has 2 amide bonds. The Hall–Kier alpha value is -2.99. The molecule has 3 rings (SSSR count). The lowest BCUT2D eigenvalue weighted by Crippen LogP contribution is -2.12. The van der Waals surface area contributed by atoms with Crippen molar-refractivity contribution in [3.63, 3.8) is 0 Å². The zero-order chi connectivity index (χ0) is 19.6. The molecule has 138 valence electrons. The summed E-state index contributed by atoms with van der Waals surface area (Å²) in [5.74, 6) is -0.383. The number of hydrogen-bond donors (Lipinski definition) is 2. The van der Waals surface area contributed by atoms with Crippen LogP contribution in [0.5, 0.6) is 0 Å². The van der Waals surface area contributed by atoms with Gasteiger partial charge in [0, 0.05) is 29.1 Å². The maximum absolute atomic E-state index is 12.4. The molecule has 0 atom stereocenters. The molecule has 6 heteroatoms. The van der Waals surface area contributed by atoms with Crippen molar-refractivity contribution in [2.75, 3.05) is 10.6 Å². The Bertz CT molecular complexity index is 1010. The fraction of sp³-hybridized carbons (Fsp3) is 0.190. The van der Waals surface area contributed by atoms with Crippen molar-refractivity contribution in [2.45, 2.75) is 27.7 Å². The number of hydrogen-bond acceptors (Lipinski definition) is 4. The number of nitrogens with zero attached hydrogens (tertiary/aromatic N) is 1. The van der Waals surface area contributed by atoms with Gasteiger partial charge in [-0.1, -0.05) is 6.07 Å². The van der Waals surface area contributed by atoms with Crippen LogP contribution in [0.25, 0.3) is 11.3 Å². The molecule has 0 fully saturated rings. The molecule has 0 unspecified atom stereocenters. The third kappa shape index (κ3) is 4.41. The molecular weight excluding hydrogens is 358 g/mol. The van der Waals surface area contributed by atoms with Crippen molar-refractivity contribution in [1.82, 2.24) is 4.98 Å². The maximum atomic E-state index is 12.4. The van der Waals surface area contributed by atoms with E-state index in [4.69, 9.17) is 0 Å². The summed E-state index contributed by atoms with van der Waals surface area (Å²) < 4.78 is 0. The molecule has 0 bridgehead atoms. The van der Waals surface area contributed by atoms with Crippen LogP contribution in [0.15, 0.2) is 41.8 Å². The van der Waals surface area contributed by atoms with Crippen molar-refractivity contribution < 1.29 is 9.59 Å². The Morgan fingerprint density at radius 2 is 1.59 bits per heavy atom. The Kier molecular flexibility index (Phi) is 5.37. The monoisotopic (exact) mass is 379 g/mol. The number of rotatable bonds is 4. The number of anilines is 2. The van der Waals surface area contributed by atoms with Gasteiger partial charge in [0.25, 0.3) is 5.91 Å². The molecule has 1 aromatic heterocycles. The van der Waals surface area contributed by atoms with E-state index in [1.165, 1.54) is 29.4 Å². The minimum Gasteiger partial charge on any atom is -0.326 e. The van der Waals surface area contributed by atoms with Gasteiger partial charge < -0.3 is 5.32 Å². The van der Waals surface area contributed by atoms with Gasteiger partial charge in [0.2, 0.25) is 5.91 Å². The number of carbonyl (C=O) groups excluding carboxylic acids is 2. The summed E-state index contributed by atoms with van der Waals surface area (Å²) in [4.78, 5) is 28.1. The first-order valence-electron chi connectivity index (χ1n) is 8.56. The van der Waals surface area contributed by atoms with Crippen molar-refractivity contribution in [1.29, 1.82) is 0 Å². The van der Waals surface area contributed by atoms with Gasteiger partial charge in [-0.05, 0) is 67.8 Å². The predicted molar refractivity (Wildman–Crippen MR) is 110 cm³/mol. The van der Waals surface area contributed by atoms with Crippen LogP contribution in [-0.4, -0.2) is 16.8 Å². The lowest BCUT2D eigenvalue weighted by atomic mass is 9.99. The quantitative estimate of drug-likeness (QED) is 0.674. The first-order valence-corrected chi connectivity index (χ1v) is 9.44. The van der Waals surface area contributed by atoms with Crippen LogP contribution in [0.3, 0.4) is 0 Å². The van der Waals surface area contributed by atoms with Crippen LogP contribution in [0.4, 0.5) is 10.8 Å². The van der Waals surface area contributed by atoms with Gasteiger partial charge in [0.05, 0.1) is 5.69 Å². The lowest BCUT2D eigenvalue weighted by molar-refractivity contribution is -0.114. The molecule has 2 N–H and O–H groups in total. The summed E-state index contributed by atoms with van der Waals surface area (Å²) in [6.45, 7) is 7.68. The smallest absolute Gasteiger partial charge is 0.257 e. The molecule has 0 aliphatic rings. The molecule has 1 heterocycles. The standard InChI is InChI=1S/C21H21N3O2S/c1-12-9-14(3)18(10-13(12)2)19-11-27-21(23-19)24-20(26)16-5-7-17(8-6-16)22-15(4)25/h5-11H,1-4H3,(H,22,25)(H,23,24,26). The van der Waals surface area contributed by atoms with E-state index in [1.54, 1.807) is 24.3 Å². The summed E-state index contributed by atoms with van der Waals surface area (Å²) in [6.07, 6.45) is 0. The number of thiazole rings is 1. The van der Waals surface area contributed by atoms with Gasteiger partial charge in [-0.25, -0.2) is 4.98 Å². The fourth-order valence-electron chi connectivity index (χ4n) is 2.77. The molecular formula is C21H21N3O2S. The first-order chi connectivity index (χ1) is 12.8. The van der Waals surface area contributed by atoms with Crippen LogP contribution in [-0.2, 0) is 4.79 Å². The number of amides is 2. The van der Waals surface area contributed by atoms with Gasteiger partial charge >= 0.3 is 0 Å². The summed E-state index contributed by atoms with van der Waals surface area (Å²) in [6, 6.07) is 11.0. The van der Waals surface area contributed by atoms with Crippen molar-refractivity contribution >= 4 is 34.0 Å². The number of aryl methyl sites for hydroxylation is 3. The van der Waals surface area contributed by atoms with E-state index in [2.05, 4.69) is 48.5 Å². The van der Waals surface area contributed by atoms with Crippen LogP contribution < -0.4 is 10.6 Å². The van der Waals surface area contributed by atoms with Gasteiger partial charge in [-0.15, -0.1) is 11.3 Å². The Morgan fingerprint density at radius 3 is 2.26 bits per heavy atom. The van der Waals surface area contributed by atoms with Crippen LogP contribution >= 0.6 is 11.3 Å². The molecule has 0 radical (unpaired) electrons. The molecule has 0 spiro atoms. The largest absolute Gasteiger partial charge is 0.326 e. The summed E-state index contributed by atoms with van der Waals surface area (Å²) in [7, 11) is 0. The molecule has 5 nitrogen and oxygen atoms in total. The number of carbonyl (C=O) groups is 2. The van der Waals surface area contributed by atoms with Crippen molar-refractivity contribution in [2.24, 2.45) is 0 Å². The zero-order valence-electron chi connectivity index (χ0n) is 15.7. The van der Waals surface area contributed by atoms with Gasteiger partial charge in [-0.2, -0.15) is 0 Å². The van der Waals surface area contributed by atoms with Gasteiger partial charge in [0.1, 0.15) is 0 Å². The average molecular weight is 379 g/mol. The third-order valence-electron chi connectivity index (χ3n) is 4.31. The molecule has 0 aliphatic heterocycles. The molecule has 3 aromatic rings. The van der Waals surface area contributed by atoms with E-state index in [0.717, 1.165) is 16.8 Å². The van der Waals surface area contributed by atoms with Crippen molar-refractivity contribution in [3.8, 4) is 11.3 Å². The maximum Gasteiger partial charge on any atom is 0.257 e. The van der Waals surface area contributed by atoms with Crippen LogP contribution in [0, 0.1) is 20.8 Å². The Balaban J connectivity index is 1.75. The minimum atomic E-state index is -0.234. The van der Waals surface area contributed by atoms with Crippen LogP contribution in [0.2, 0.25) is 0 Å². The summed E-state index contributed by atoms with van der Waals surface area (Å²) in [5.41, 5.74) is 6.72. The lowest BCUT2D eigenvalue weighted by Gasteiger charge is -2.07. The topological polar surface area (TPSA) is 71.1 Å². The first kappa shape index (κ1) is 18.8. The Morgan fingerprint density at radius 1 is 0.926 bits per heavy atom. The van der Waals surface area contributed by atoms with E-state index < -0.39 is 0 Å². The number of aromatic nitrogens is 1. The SMILES string of the molecule is CC(=O)Nc1ccc(C(=O)Nc2nc(-c3cc(C)c(C)cc3C)cs2)cc1. The minimum absolute atomic E-state index is 0.149. The second kappa shape index (κ2) is 7.72. The predicted octanol–water partition coefficient (Wildman–Crippen LogP) is 4.95. The average Bonchev–Trinajstić information content (AvgIpc) is 3.06. The second-order valence-electron chi connectivity index (χ2n) is 6.50. The normalized spacial score (nSPS) is 10.5. The molecule has 2 aromatic carbocycles. The highest BCUT2D eigenvalue weighted by Crippen LogP contribution is 2.29. The molecule has 0 saturated heterocycles. The third-order valence-corrected chi connectivity index (χ3v) is 5.07. The number of benzene rings is 2. The summed E-state index contributed by atoms with van der Waals surface area (Å²) in [5, 5.41) is 8.02. The second-order valence-corrected chi connectivity index (χ2v) is 7.36. The highest BCUT2D eigenvalue weighted by Gasteiger charge is 2.12. The van der Waals surface area contributed by atoms with Gasteiger partial charge in [-0.3, -0.25) is 14.9 Å². The molecule has 0 aliphatic carbocycles. The number of nitrogens with one attached hydrogen (secondary N) is 2. The van der Waals surface area contributed by atoms with E-state index in [0.29, 0.717) is 16.4 Å². The van der Waals surface area contributed by atoms with E-state index in [-0.39, 0.29) is 11.8 Å². The highest BCUT2D eigenvalue weighted by atomic mass is 32.1. The van der Waals surface area contributed by atoms with Crippen LogP contribution in [0.1, 0.15) is 34.0 Å². The zero-order valence-corrected chi connectivity index (χ0v) is 16.5. The van der Waals surface area contributed by atoms with Crippen molar-refractivity contribution in [3.05, 3.63) is 64.0 Å². The van der Waals surface area contributed by atoms with E-state index in [9.17, 15) is 9.59 Å². The fourth-order valence-corrected chi connectivity index (χ4v) is 3.47. The highest BCUT2D eigenvalue weighted by molar-refractivity contribution is 7.14. The molecule has 0 saturated carbocycles. The van der Waals surface area contributed by atoms with E-state index in [1.807, 2.05) is 5.38 Å². The Labute approximate surface area is 162 Å². The van der Waals surface area contributed by atoms with E-state index >= 15 is 0 Å². The molecule has 27 heavy (non-hydrogen) atoms. The van der Waals surface area contributed by atoms with Gasteiger partial charge in [0.15, 0.2) is 5.13 Å².